The molecule has 0 aliphatic carbocycles. The van der Waals surface area contributed by atoms with Crippen LogP contribution in [-0.2, 0) is 0 Å². The molecule has 198 valence electrons. The highest BCUT2D eigenvalue weighted by molar-refractivity contribution is 6.16. The van der Waals surface area contributed by atoms with Gasteiger partial charge in [0.1, 0.15) is 11.5 Å². The van der Waals surface area contributed by atoms with Gasteiger partial charge in [0, 0.05) is 38.8 Å². The van der Waals surface area contributed by atoms with E-state index < -0.39 is 0 Å². The number of rotatable bonds is 9. The van der Waals surface area contributed by atoms with Crippen molar-refractivity contribution in [2.75, 3.05) is 27.7 Å². The molecule has 0 aliphatic rings. The van der Waals surface area contributed by atoms with E-state index in [9.17, 15) is 19.8 Å². The maximum Gasteiger partial charge on any atom is 0.257 e. The standard InChI is InChI=1S/C32H36N2O4/c1-5-6-7-8-13-18-34(4)32(38)26-20-22-15-10-12-17-24(22)28(30(26)36)27-23-16-11-9-14-21(23)19-25(29(27)35)31(37)33(2)3/h9-12,14-17,19-20,35-36H,5-8,13,18H2,1-4H3. The van der Waals surface area contributed by atoms with E-state index in [0.717, 1.165) is 36.5 Å². The van der Waals surface area contributed by atoms with Crippen molar-refractivity contribution in [3.05, 3.63) is 71.8 Å². The molecule has 0 saturated carbocycles. The molecular formula is C32H36N2O4. The van der Waals surface area contributed by atoms with Gasteiger partial charge < -0.3 is 20.0 Å². The predicted octanol–water partition coefficient (Wildman–Crippen LogP) is 6.82. The molecule has 4 aromatic rings. The van der Waals surface area contributed by atoms with Crippen LogP contribution in [0.3, 0.4) is 0 Å². The Bertz CT molecular complexity index is 1490. The SMILES string of the molecule is CCCCCCCN(C)C(=O)c1cc2ccccc2c(-c2c(O)c(C(=O)N(C)C)cc3ccccc23)c1O. The topological polar surface area (TPSA) is 81.1 Å². The van der Waals surface area contributed by atoms with Crippen molar-refractivity contribution in [2.24, 2.45) is 0 Å². The second kappa shape index (κ2) is 11.5. The molecule has 6 nitrogen and oxygen atoms in total. The number of carbonyl (C=O) groups is 2. The summed E-state index contributed by atoms with van der Waals surface area (Å²) >= 11 is 0. The summed E-state index contributed by atoms with van der Waals surface area (Å²) < 4.78 is 0. The summed E-state index contributed by atoms with van der Waals surface area (Å²) in [5.74, 6) is -1.07. The summed E-state index contributed by atoms with van der Waals surface area (Å²) in [4.78, 5) is 29.6. The zero-order valence-corrected chi connectivity index (χ0v) is 22.6. The maximum absolute atomic E-state index is 13.6. The lowest BCUT2D eigenvalue weighted by molar-refractivity contribution is 0.0788. The van der Waals surface area contributed by atoms with Crippen LogP contribution in [0.15, 0.2) is 60.7 Å². The minimum Gasteiger partial charge on any atom is -0.506 e. The minimum atomic E-state index is -0.353. The van der Waals surface area contributed by atoms with Crippen LogP contribution in [0.25, 0.3) is 32.7 Å². The van der Waals surface area contributed by atoms with E-state index in [1.165, 1.54) is 11.3 Å². The highest BCUT2D eigenvalue weighted by Gasteiger charge is 2.27. The number of amides is 2. The predicted molar refractivity (Wildman–Crippen MR) is 154 cm³/mol. The Morgan fingerprint density at radius 3 is 1.66 bits per heavy atom. The van der Waals surface area contributed by atoms with Crippen LogP contribution >= 0.6 is 0 Å². The number of aromatic hydroxyl groups is 2. The van der Waals surface area contributed by atoms with Crippen LogP contribution < -0.4 is 0 Å². The van der Waals surface area contributed by atoms with Crippen molar-refractivity contribution in [1.82, 2.24) is 9.80 Å². The first-order chi connectivity index (χ1) is 18.3. The fraction of sp³-hybridized carbons (Fsp3) is 0.312. The second-order valence-corrected chi connectivity index (χ2v) is 10.1. The smallest absolute Gasteiger partial charge is 0.257 e. The Hall–Kier alpha value is -4.06. The molecule has 6 heteroatoms. The number of benzene rings is 4. The first-order valence-corrected chi connectivity index (χ1v) is 13.2. The molecule has 0 aliphatic heterocycles. The van der Waals surface area contributed by atoms with Gasteiger partial charge in [-0.05, 0) is 40.1 Å². The number of fused-ring (bicyclic) bond motifs is 2. The Morgan fingerprint density at radius 1 is 0.684 bits per heavy atom. The summed E-state index contributed by atoms with van der Waals surface area (Å²) in [7, 11) is 5.00. The molecule has 2 N–H and O–H groups in total. The third-order valence-corrected chi connectivity index (χ3v) is 7.10. The summed E-state index contributed by atoms with van der Waals surface area (Å²) in [6, 6.07) is 18.3. The van der Waals surface area contributed by atoms with Gasteiger partial charge in [-0.3, -0.25) is 9.59 Å². The second-order valence-electron chi connectivity index (χ2n) is 10.1. The third-order valence-electron chi connectivity index (χ3n) is 7.10. The monoisotopic (exact) mass is 512 g/mol. The van der Waals surface area contributed by atoms with E-state index in [0.29, 0.717) is 28.4 Å². The summed E-state index contributed by atoms with van der Waals surface area (Å²) in [5, 5.41) is 26.0. The molecule has 4 aromatic carbocycles. The van der Waals surface area contributed by atoms with Gasteiger partial charge in [0.05, 0.1) is 11.1 Å². The Morgan fingerprint density at radius 2 is 1.16 bits per heavy atom. The zero-order chi connectivity index (χ0) is 27.4. The van der Waals surface area contributed by atoms with E-state index in [2.05, 4.69) is 6.92 Å². The normalized spacial score (nSPS) is 11.2. The van der Waals surface area contributed by atoms with Crippen LogP contribution in [0.2, 0.25) is 0 Å². The number of carbonyl (C=O) groups excluding carboxylic acids is 2. The van der Waals surface area contributed by atoms with Crippen LogP contribution in [0.4, 0.5) is 0 Å². The lowest BCUT2D eigenvalue weighted by Crippen LogP contribution is -2.28. The first kappa shape index (κ1) is 27.0. The fourth-order valence-corrected chi connectivity index (χ4v) is 5.01. The molecule has 0 aromatic heterocycles. The number of hydrogen-bond acceptors (Lipinski definition) is 4. The van der Waals surface area contributed by atoms with Crippen molar-refractivity contribution < 1.29 is 19.8 Å². The van der Waals surface area contributed by atoms with Gasteiger partial charge in [-0.1, -0.05) is 81.1 Å². The minimum absolute atomic E-state index is 0.133. The molecule has 0 bridgehead atoms. The summed E-state index contributed by atoms with van der Waals surface area (Å²) in [6.07, 6.45) is 5.42. The first-order valence-electron chi connectivity index (χ1n) is 13.2. The van der Waals surface area contributed by atoms with Crippen LogP contribution in [0.5, 0.6) is 11.5 Å². The van der Waals surface area contributed by atoms with E-state index in [4.69, 9.17) is 0 Å². The molecular weight excluding hydrogens is 476 g/mol. The molecule has 0 saturated heterocycles. The highest BCUT2D eigenvalue weighted by Crippen LogP contribution is 2.47. The molecule has 0 fully saturated rings. The number of nitrogens with zero attached hydrogens (tertiary/aromatic N) is 2. The zero-order valence-electron chi connectivity index (χ0n) is 22.6. The van der Waals surface area contributed by atoms with E-state index in [-0.39, 0.29) is 34.4 Å². The summed E-state index contributed by atoms with van der Waals surface area (Å²) in [5.41, 5.74) is 0.972. The molecule has 0 unspecified atom stereocenters. The van der Waals surface area contributed by atoms with Crippen LogP contribution in [-0.4, -0.2) is 59.5 Å². The van der Waals surface area contributed by atoms with Gasteiger partial charge in [-0.25, -0.2) is 0 Å². The number of phenolic OH excluding ortho intramolecular Hbond substituents is 2. The van der Waals surface area contributed by atoms with Crippen molar-refractivity contribution in [3.8, 4) is 22.6 Å². The van der Waals surface area contributed by atoms with Crippen molar-refractivity contribution in [2.45, 2.75) is 39.0 Å². The molecule has 0 heterocycles. The third kappa shape index (κ3) is 5.17. The fourth-order valence-electron chi connectivity index (χ4n) is 5.01. The molecule has 0 atom stereocenters. The van der Waals surface area contributed by atoms with Crippen molar-refractivity contribution >= 4 is 33.4 Å². The van der Waals surface area contributed by atoms with Crippen LogP contribution in [0.1, 0.15) is 59.7 Å². The quantitative estimate of drug-likeness (QED) is 0.241. The number of phenols is 2. The molecule has 4 rings (SSSR count). The van der Waals surface area contributed by atoms with Gasteiger partial charge in [0.25, 0.3) is 11.8 Å². The van der Waals surface area contributed by atoms with Gasteiger partial charge in [-0.2, -0.15) is 0 Å². The largest absolute Gasteiger partial charge is 0.506 e. The molecule has 0 radical (unpaired) electrons. The Kier molecular flexibility index (Phi) is 8.20. The number of unbranched alkanes of at least 4 members (excludes halogenated alkanes) is 4. The molecule has 2 amide bonds. The average molecular weight is 513 g/mol. The van der Waals surface area contributed by atoms with Gasteiger partial charge in [-0.15, -0.1) is 0 Å². The van der Waals surface area contributed by atoms with Gasteiger partial charge in [0.15, 0.2) is 0 Å². The van der Waals surface area contributed by atoms with E-state index in [1.54, 1.807) is 38.2 Å². The van der Waals surface area contributed by atoms with E-state index in [1.807, 2.05) is 48.5 Å². The van der Waals surface area contributed by atoms with Crippen molar-refractivity contribution in [1.29, 1.82) is 0 Å². The average Bonchev–Trinajstić information content (AvgIpc) is 2.92. The Labute approximate surface area is 224 Å². The Balaban J connectivity index is 1.92. The maximum atomic E-state index is 13.6. The van der Waals surface area contributed by atoms with Gasteiger partial charge in [0.2, 0.25) is 0 Å². The highest BCUT2D eigenvalue weighted by atomic mass is 16.3. The van der Waals surface area contributed by atoms with Crippen LogP contribution in [0, 0.1) is 0 Å². The van der Waals surface area contributed by atoms with Gasteiger partial charge >= 0.3 is 0 Å². The molecule has 38 heavy (non-hydrogen) atoms. The lowest BCUT2D eigenvalue weighted by atomic mass is 9.88. The van der Waals surface area contributed by atoms with Crippen molar-refractivity contribution in [3.63, 3.8) is 0 Å². The summed E-state index contributed by atoms with van der Waals surface area (Å²) in [6.45, 7) is 2.76. The lowest BCUT2D eigenvalue weighted by Gasteiger charge is -2.22. The molecule has 0 spiro atoms. The van der Waals surface area contributed by atoms with E-state index >= 15 is 0 Å². The number of hydrogen-bond donors (Lipinski definition) is 2.